The first kappa shape index (κ1) is 17.0. The van der Waals surface area contributed by atoms with E-state index in [1.807, 2.05) is 0 Å². The van der Waals surface area contributed by atoms with Crippen LogP contribution in [0.2, 0.25) is 0 Å². The van der Waals surface area contributed by atoms with Crippen molar-refractivity contribution >= 4 is 17.5 Å². The third-order valence-electron chi connectivity index (χ3n) is 3.08. The predicted molar refractivity (Wildman–Crippen MR) is 75.4 cm³/mol. The summed E-state index contributed by atoms with van der Waals surface area (Å²) in [6.45, 7) is 3.14. The quantitative estimate of drug-likeness (QED) is 0.861. The van der Waals surface area contributed by atoms with Crippen LogP contribution in [0.3, 0.4) is 0 Å². The number of rotatable bonds is 5. The third kappa shape index (κ3) is 5.11. The van der Waals surface area contributed by atoms with E-state index in [0.717, 1.165) is 12.1 Å². The van der Waals surface area contributed by atoms with Crippen LogP contribution in [0.25, 0.3) is 0 Å². The van der Waals surface area contributed by atoms with Gasteiger partial charge in [-0.2, -0.15) is 0 Å². The first-order chi connectivity index (χ1) is 9.70. The van der Waals surface area contributed by atoms with Gasteiger partial charge in [0.2, 0.25) is 11.8 Å². The summed E-state index contributed by atoms with van der Waals surface area (Å²) < 4.78 is 26.0. The van der Waals surface area contributed by atoms with Crippen LogP contribution in [0.15, 0.2) is 18.2 Å². The summed E-state index contributed by atoms with van der Waals surface area (Å²) in [4.78, 5) is 24.9. The van der Waals surface area contributed by atoms with Crippen molar-refractivity contribution < 1.29 is 18.4 Å². The fourth-order valence-corrected chi connectivity index (χ4v) is 1.69. The van der Waals surface area contributed by atoms with Crippen molar-refractivity contribution in [2.24, 2.45) is 11.7 Å². The average molecular weight is 299 g/mol. The van der Waals surface area contributed by atoms with Gasteiger partial charge in [-0.15, -0.1) is 0 Å². The summed E-state index contributed by atoms with van der Waals surface area (Å²) in [7, 11) is 1.47. The average Bonchev–Trinajstić information content (AvgIpc) is 2.35. The number of nitrogens with two attached hydrogens (primary N) is 1. The fraction of sp³-hybridized carbons (Fsp3) is 0.429. The summed E-state index contributed by atoms with van der Waals surface area (Å²) in [5, 5.41) is 2.33. The zero-order valence-corrected chi connectivity index (χ0v) is 12.2. The molecule has 0 bridgehead atoms. The number of amides is 2. The number of anilines is 1. The molecule has 1 aromatic carbocycles. The molecule has 2 atom stereocenters. The van der Waals surface area contributed by atoms with Crippen molar-refractivity contribution in [2.75, 3.05) is 18.9 Å². The van der Waals surface area contributed by atoms with Gasteiger partial charge >= 0.3 is 0 Å². The minimum absolute atomic E-state index is 0.00131. The molecule has 1 rings (SSSR count). The van der Waals surface area contributed by atoms with Gasteiger partial charge in [0.15, 0.2) is 0 Å². The van der Waals surface area contributed by atoms with Crippen molar-refractivity contribution in [2.45, 2.75) is 19.9 Å². The number of nitrogens with zero attached hydrogens (tertiary/aromatic N) is 1. The molecule has 0 radical (unpaired) electrons. The van der Waals surface area contributed by atoms with Gasteiger partial charge in [0, 0.05) is 24.8 Å². The van der Waals surface area contributed by atoms with Crippen LogP contribution in [0.1, 0.15) is 13.8 Å². The molecule has 0 aliphatic carbocycles. The van der Waals surface area contributed by atoms with Gasteiger partial charge in [-0.1, -0.05) is 6.92 Å². The van der Waals surface area contributed by atoms with Crippen LogP contribution in [0.5, 0.6) is 0 Å². The van der Waals surface area contributed by atoms with E-state index in [-0.39, 0.29) is 24.2 Å². The van der Waals surface area contributed by atoms with Crippen LogP contribution < -0.4 is 11.1 Å². The van der Waals surface area contributed by atoms with E-state index in [9.17, 15) is 18.4 Å². The van der Waals surface area contributed by atoms with Crippen LogP contribution in [-0.4, -0.2) is 36.3 Å². The third-order valence-corrected chi connectivity index (χ3v) is 3.08. The lowest BCUT2D eigenvalue weighted by Gasteiger charge is -2.23. The SMILES string of the molecule is CC(N)C(C)C(=O)N(C)CC(=O)Nc1cc(F)cc(F)c1. The van der Waals surface area contributed by atoms with Crippen molar-refractivity contribution in [3.8, 4) is 0 Å². The molecule has 21 heavy (non-hydrogen) atoms. The van der Waals surface area contributed by atoms with E-state index in [1.54, 1.807) is 13.8 Å². The second-order valence-electron chi connectivity index (χ2n) is 5.05. The topological polar surface area (TPSA) is 75.4 Å². The molecule has 1 aromatic rings. The van der Waals surface area contributed by atoms with Gasteiger partial charge in [0.25, 0.3) is 0 Å². The molecule has 0 aliphatic rings. The van der Waals surface area contributed by atoms with Gasteiger partial charge in [-0.3, -0.25) is 9.59 Å². The molecule has 7 heteroatoms. The second kappa shape index (κ2) is 7.12. The maximum Gasteiger partial charge on any atom is 0.243 e. The van der Waals surface area contributed by atoms with Crippen LogP contribution in [0.4, 0.5) is 14.5 Å². The first-order valence-corrected chi connectivity index (χ1v) is 6.47. The smallest absolute Gasteiger partial charge is 0.243 e. The van der Waals surface area contributed by atoms with E-state index in [1.165, 1.54) is 11.9 Å². The molecule has 0 spiro atoms. The van der Waals surface area contributed by atoms with E-state index < -0.39 is 23.5 Å². The Hall–Kier alpha value is -2.02. The Morgan fingerprint density at radius 2 is 1.76 bits per heavy atom. The molecule has 116 valence electrons. The Morgan fingerprint density at radius 1 is 1.24 bits per heavy atom. The normalized spacial score (nSPS) is 13.4. The number of hydrogen-bond acceptors (Lipinski definition) is 3. The number of carbonyl (C=O) groups excluding carboxylic acids is 2. The lowest BCUT2D eigenvalue weighted by atomic mass is 10.0. The lowest BCUT2D eigenvalue weighted by molar-refractivity contribution is -0.136. The minimum Gasteiger partial charge on any atom is -0.336 e. The molecule has 0 saturated heterocycles. The van der Waals surface area contributed by atoms with Gasteiger partial charge in [0.1, 0.15) is 11.6 Å². The fourth-order valence-electron chi connectivity index (χ4n) is 1.69. The summed E-state index contributed by atoms with van der Waals surface area (Å²) >= 11 is 0. The molecule has 0 heterocycles. The predicted octanol–water partition coefficient (Wildman–Crippen LogP) is 1.34. The maximum atomic E-state index is 13.0. The zero-order chi connectivity index (χ0) is 16.2. The zero-order valence-electron chi connectivity index (χ0n) is 12.2. The van der Waals surface area contributed by atoms with Gasteiger partial charge < -0.3 is 16.0 Å². The standard InChI is InChI=1S/C14H19F2N3O2/c1-8(9(2)17)14(21)19(3)7-13(20)18-12-5-10(15)4-11(16)6-12/h4-6,8-9H,7,17H2,1-3H3,(H,18,20). The van der Waals surface area contributed by atoms with Crippen LogP contribution in [-0.2, 0) is 9.59 Å². The summed E-state index contributed by atoms with van der Waals surface area (Å²) in [5.74, 6) is -2.83. The highest BCUT2D eigenvalue weighted by molar-refractivity contribution is 5.94. The molecule has 2 amide bonds. The molecule has 5 nitrogen and oxygen atoms in total. The molecular weight excluding hydrogens is 280 g/mol. The van der Waals surface area contributed by atoms with E-state index in [2.05, 4.69) is 5.32 Å². The Labute approximate surface area is 122 Å². The monoisotopic (exact) mass is 299 g/mol. The van der Waals surface area contributed by atoms with Crippen molar-refractivity contribution in [3.05, 3.63) is 29.8 Å². The Balaban J connectivity index is 2.63. The van der Waals surface area contributed by atoms with Crippen molar-refractivity contribution in [1.29, 1.82) is 0 Å². The number of likely N-dealkylation sites (N-methyl/N-ethyl adjacent to an activating group) is 1. The first-order valence-electron chi connectivity index (χ1n) is 6.47. The van der Waals surface area contributed by atoms with Crippen molar-refractivity contribution in [1.82, 2.24) is 4.90 Å². The number of nitrogens with one attached hydrogen (secondary N) is 1. The summed E-state index contributed by atoms with van der Waals surface area (Å²) in [6.07, 6.45) is 0. The highest BCUT2D eigenvalue weighted by Gasteiger charge is 2.22. The minimum atomic E-state index is -0.791. The van der Waals surface area contributed by atoms with Gasteiger partial charge in [0.05, 0.1) is 12.5 Å². The summed E-state index contributed by atoms with van der Waals surface area (Å²) in [6, 6.07) is 2.36. The molecule has 3 N–H and O–H groups in total. The molecular formula is C14H19F2N3O2. The number of halogens is 2. The lowest BCUT2D eigenvalue weighted by Crippen LogP contribution is -2.42. The van der Waals surface area contributed by atoms with Crippen LogP contribution >= 0.6 is 0 Å². The molecule has 0 saturated carbocycles. The van der Waals surface area contributed by atoms with Gasteiger partial charge in [-0.25, -0.2) is 8.78 Å². The highest BCUT2D eigenvalue weighted by atomic mass is 19.1. The second-order valence-corrected chi connectivity index (χ2v) is 5.05. The Bertz CT molecular complexity index is 515. The van der Waals surface area contributed by atoms with Crippen molar-refractivity contribution in [3.63, 3.8) is 0 Å². The van der Waals surface area contributed by atoms with E-state index >= 15 is 0 Å². The van der Waals surface area contributed by atoms with Crippen LogP contribution in [0, 0.1) is 17.6 Å². The number of hydrogen-bond donors (Lipinski definition) is 2. The Kier molecular flexibility index (Phi) is 5.78. The van der Waals surface area contributed by atoms with E-state index in [0.29, 0.717) is 6.07 Å². The Morgan fingerprint density at radius 3 is 2.24 bits per heavy atom. The molecule has 0 aliphatic heterocycles. The maximum absolute atomic E-state index is 13.0. The highest BCUT2D eigenvalue weighted by Crippen LogP contribution is 2.13. The molecule has 2 unspecified atom stereocenters. The molecule has 0 aromatic heterocycles. The summed E-state index contributed by atoms with van der Waals surface area (Å²) in [5.41, 5.74) is 5.63. The van der Waals surface area contributed by atoms with E-state index in [4.69, 9.17) is 5.73 Å². The largest absolute Gasteiger partial charge is 0.336 e. The molecule has 0 fully saturated rings. The number of carbonyl (C=O) groups is 2. The number of benzene rings is 1. The van der Waals surface area contributed by atoms with Gasteiger partial charge in [-0.05, 0) is 19.1 Å².